The summed E-state index contributed by atoms with van der Waals surface area (Å²) in [4.78, 5) is 38.4. The molecule has 4 aromatic rings. The number of ether oxygens (including phenoxy) is 1. The van der Waals surface area contributed by atoms with E-state index in [0.717, 1.165) is 66.0 Å². The number of hydrogen-bond acceptors (Lipinski definition) is 6. The molecule has 3 aliphatic carbocycles. The zero-order valence-corrected chi connectivity index (χ0v) is 27.0. The number of halogens is 2. The maximum atomic E-state index is 13.7. The fourth-order valence-corrected chi connectivity index (χ4v) is 8.04. The van der Waals surface area contributed by atoms with E-state index in [2.05, 4.69) is 16.0 Å². The molecule has 1 saturated heterocycles. The van der Waals surface area contributed by atoms with Crippen molar-refractivity contribution in [3.05, 3.63) is 47.3 Å². The van der Waals surface area contributed by atoms with Crippen LogP contribution in [0.2, 0.25) is 0 Å². The summed E-state index contributed by atoms with van der Waals surface area (Å²) in [5.41, 5.74) is 11.4. The SMILES string of the molecule is COc1cc(C(=O)N2CCC[C@@H](N)C2)cc2nc(-c3cc4ccc([C@@H](C)NC(=O)[C@H]5[C@@H]6CC(F)(F)C[C@@H]65)nc4n3CC3CC3)c(C)n12. The molecule has 4 aliphatic rings. The number of likely N-dealkylation sites (tertiary alicyclic amines) is 1. The average Bonchev–Trinajstić information content (AvgIpc) is 3.88. The monoisotopic (exact) mass is 645 g/mol. The van der Waals surface area contributed by atoms with Crippen LogP contribution in [0.4, 0.5) is 8.78 Å². The average molecular weight is 646 g/mol. The molecule has 8 rings (SSSR count). The van der Waals surface area contributed by atoms with E-state index in [4.69, 9.17) is 20.4 Å². The fraction of sp³-hybridized carbons (Fsp3) is 0.543. The number of carbonyl (C=O) groups is 2. The third-order valence-electron chi connectivity index (χ3n) is 10.8. The number of methoxy groups -OCH3 is 1. The van der Waals surface area contributed by atoms with E-state index < -0.39 is 5.92 Å². The maximum absolute atomic E-state index is 13.7. The van der Waals surface area contributed by atoms with Crippen LogP contribution in [0.25, 0.3) is 28.1 Å². The lowest BCUT2D eigenvalue weighted by atomic mass is 10.1. The normalized spacial score (nSPS) is 25.6. The molecule has 5 heterocycles. The Bertz CT molecular complexity index is 1900. The smallest absolute Gasteiger partial charge is 0.254 e. The Morgan fingerprint density at radius 2 is 1.89 bits per heavy atom. The Labute approximate surface area is 271 Å². The largest absolute Gasteiger partial charge is 0.482 e. The van der Waals surface area contributed by atoms with Gasteiger partial charge in [-0.05, 0) is 81.5 Å². The number of nitrogens with two attached hydrogens (primary N) is 1. The van der Waals surface area contributed by atoms with Gasteiger partial charge in [0.2, 0.25) is 11.8 Å². The van der Waals surface area contributed by atoms with E-state index in [0.29, 0.717) is 36.1 Å². The van der Waals surface area contributed by atoms with Crippen molar-refractivity contribution in [3.8, 4) is 17.3 Å². The standard InChI is InChI=1S/C35H41F2N7O3/c1-18(39-33(45)30-24-14-35(36,37)15-25(24)30)26-9-8-21-11-27(43(32(21)40-26)16-20-6-7-20)31-19(2)44-28(41-31)12-22(13-29(44)47-3)34(46)42-10-4-5-23(38)17-42/h8-9,11-13,18,20,23-25,30H,4-7,10,14-17,38H2,1-3H3,(H,39,45)/t18-,23-,24-,25+,30+/m1/s1. The highest BCUT2D eigenvalue weighted by Crippen LogP contribution is 2.62. The highest BCUT2D eigenvalue weighted by atomic mass is 19.3. The minimum atomic E-state index is -2.64. The van der Waals surface area contributed by atoms with Crippen molar-refractivity contribution in [1.29, 1.82) is 0 Å². The van der Waals surface area contributed by atoms with Crippen LogP contribution in [0, 0.1) is 30.6 Å². The van der Waals surface area contributed by atoms with Gasteiger partial charge < -0.3 is 25.3 Å². The van der Waals surface area contributed by atoms with Crippen LogP contribution in [0.1, 0.15) is 73.2 Å². The van der Waals surface area contributed by atoms with Crippen LogP contribution in [0.5, 0.6) is 5.88 Å². The Morgan fingerprint density at radius 3 is 2.60 bits per heavy atom. The number of hydrogen-bond donors (Lipinski definition) is 2. The molecule has 248 valence electrons. The lowest BCUT2D eigenvalue weighted by molar-refractivity contribution is -0.124. The molecule has 2 amide bonds. The first kappa shape index (κ1) is 30.3. The lowest BCUT2D eigenvalue weighted by Crippen LogP contribution is -2.45. The topological polar surface area (TPSA) is 120 Å². The number of aryl methyl sites for hydroxylation is 1. The number of rotatable bonds is 8. The lowest BCUT2D eigenvalue weighted by Gasteiger charge is -2.30. The zero-order valence-electron chi connectivity index (χ0n) is 27.0. The molecule has 10 nitrogen and oxygen atoms in total. The number of piperidine rings is 1. The predicted molar refractivity (Wildman–Crippen MR) is 172 cm³/mol. The van der Waals surface area contributed by atoms with Gasteiger partial charge in [0.15, 0.2) is 5.88 Å². The summed E-state index contributed by atoms with van der Waals surface area (Å²) in [6, 6.07) is 9.26. The first-order valence-corrected chi connectivity index (χ1v) is 16.8. The fourth-order valence-electron chi connectivity index (χ4n) is 8.04. The summed E-state index contributed by atoms with van der Waals surface area (Å²) in [6.45, 7) is 5.89. The summed E-state index contributed by atoms with van der Waals surface area (Å²) in [5.74, 6) is -2.55. The Hall–Kier alpha value is -4.06. The second-order valence-corrected chi connectivity index (χ2v) is 14.3. The molecule has 12 heteroatoms. The molecule has 3 saturated carbocycles. The van der Waals surface area contributed by atoms with Crippen LogP contribution in [-0.4, -0.2) is 67.8 Å². The van der Waals surface area contributed by atoms with Gasteiger partial charge in [0, 0.05) is 61.5 Å². The number of aromatic nitrogens is 4. The Morgan fingerprint density at radius 1 is 1.13 bits per heavy atom. The van der Waals surface area contributed by atoms with Gasteiger partial charge in [-0.15, -0.1) is 0 Å². The summed E-state index contributed by atoms with van der Waals surface area (Å²) in [7, 11) is 1.60. The van der Waals surface area contributed by atoms with Gasteiger partial charge >= 0.3 is 0 Å². The molecule has 0 bridgehead atoms. The van der Waals surface area contributed by atoms with Gasteiger partial charge in [0.05, 0.1) is 30.2 Å². The van der Waals surface area contributed by atoms with E-state index in [1.807, 2.05) is 41.3 Å². The number of pyridine rings is 2. The van der Waals surface area contributed by atoms with Gasteiger partial charge in [-0.25, -0.2) is 18.7 Å². The van der Waals surface area contributed by atoms with Crippen molar-refractivity contribution >= 4 is 28.5 Å². The van der Waals surface area contributed by atoms with Crippen molar-refractivity contribution in [2.75, 3.05) is 20.2 Å². The first-order valence-electron chi connectivity index (χ1n) is 16.8. The summed E-state index contributed by atoms with van der Waals surface area (Å²) in [6.07, 6.45) is 3.72. The highest BCUT2D eigenvalue weighted by molar-refractivity contribution is 5.96. The minimum Gasteiger partial charge on any atom is -0.482 e. The number of carbonyl (C=O) groups excluding carboxylic acids is 2. The Balaban J connectivity index is 1.12. The van der Waals surface area contributed by atoms with Crippen LogP contribution in [-0.2, 0) is 11.3 Å². The molecular formula is C35H41F2N7O3. The molecule has 4 fully saturated rings. The maximum Gasteiger partial charge on any atom is 0.254 e. The Kier molecular flexibility index (Phi) is 7.09. The van der Waals surface area contributed by atoms with E-state index in [1.165, 1.54) is 0 Å². The molecule has 0 unspecified atom stereocenters. The number of fused-ring (bicyclic) bond motifs is 3. The number of nitrogens with zero attached hydrogens (tertiary/aromatic N) is 5. The zero-order chi connectivity index (χ0) is 32.8. The van der Waals surface area contributed by atoms with Crippen molar-refractivity contribution < 1.29 is 23.1 Å². The van der Waals surface area contributed by atoms with E-state index in [9.17, 15) is 18.4 Å². The second kappa shape index (κ2) is 11.0. The molecule has 47 heavy (non-hydrogen) atoms. The molecule has 0 radical (unpaired) electrons. The van der Waals surface area contributed by atoms with Gasteiger partial charge in [0.25, 0.3) is 5.91 Å². The second-order valence-electron chi connectivity index (χ2n) is 14.3. The van der Waals surface area contributed by atoms with Gasteiger partial charge in [-0.2, -0.15) is 0 Å². The van der Waals surface area contributed by atoms with Gasteiger partial charge in [0.1, 0.15) is 17.0 Å². The molecule has 1 aliphatic heterocycles. The third-order valence-corrected chi connectivity index (χ3v) is 10.8. The molecule has 3 N–H and O–H groups in total. The van der Waals surface area contributed by atoms with Crippen molar-refractivity contribution in [1.82, 2.24) is 29.2 Å². The predicted octanol–water partition coefficient (Wildman–Crippen LogP) is 5.11. The van der Waals surface area contributed by atoms with E-state index >= 15 is 0 Å². The molecule has 4 aromatic heterocycles. The van der Waals surface area contributed by atoms with Gasteiger partial charge in [-0.1, -0.05) is 0 Å². The molecular weight excluding hydrogens is 604 g/mol. The third kappa shape index (κ3) is 5.34. The van der Waals surface area contributed by atoms with Crippen LogP contribution in [0.15, 0.2) is 30.3 Å². The minimum absolute atomic E-state index is 0.0193. The van der Waals surface area contributed by atoms with Crippen molar-refractivity contribution in [2.24, 2.45) is 29.4 Å². The number of nitrogens with one attached hydrogen (secondary N) is 1. The number of imidazole rings is 1. The highest BCUT2D eigenvalue weighted by Gasteiger charge is 2.65. The summed E-state index contributed by atoms with van der Waals surface area (Å²) in [5, 5.41) is 4.01. The van der Waals surface area contributed by atoms with Gasteiger partial charge in [-0.3, -0.25) is 14.0 Å². The van der Waals surface area contributed by atoms with E-state index in [-0.39, 0.29) is 54.5 Å². The summed E-state index contributed by atoms with van der Waals surface area (Å²) < 4.78 is 37.3. The number of alkyl halides is 2. The van der Waals surface area contributed by atoms with Crippen molar-refractivity contribution in [2.45, 2.75) is 76.9 Å². The number of amides is 2. The summed E-state index contributed by atoms with van der Waals surface area (Å²) >= 11 is 0. The van der Waals surface area contributed by atoms with Crippen LogP contribution < -0.4 is 15.8 Å². The molecule has 5 atom stereocenters. The van der Waals surface area contributed by atoms with E-state index in [1.54, 1.807) is 13.2 Å². The molecule has 0 aromatic carbocycles. The first-order chi connectivity index (χ1) is 22.5. The van der Waals surface area contributed by atoms with Crippen LogP contribution in [0.3, 0.4) is 0 Å². The van der Waals surface area contributed by atoms with Crippen molar-refractivity contribution in [3.63, 3.8) is 0 Å². The van der Waals surface area contributed by atoms with Crippen LogP contribution >= 0.6 is 0 Å². The quantitative estimate of drug-likeness (QED) is 0.275. The molecule has 0 spiro atoms.